The van der Waals surface area contributed by atoms with E-state index in [2.05, 4.69) is 159 Å². The van der Waals surface area contributed by atoms with Crippen LogP contribution >= 0.6 is 0 Å². The van der Waals surface area contributed by atoms with E-state index in [0.717, 1.165) is 45.5 Å². The molecule has 0 spiro atoms. The molecule has 226 valence electrons. The molecule has 1 aromatic heterocycles. The van der Waals surface area contributed by atoms with Crippen LogP contribution < -0.4 is 15.5 Å². The molecule has 6 nitrogen and oxygen atoms in total. The third kappa shape index (κ3) is 4.70. The zero-order chi connectivity index (χ0) is 31.2. The van der Waals surface area contributed by atoms with Crippen molar-refractivity contribution >= 4 is 50.3 Å². The van der Waals surface area contributed by atoms with Crippen molar-refractivity contribution in [3.05, 3.63) is 180 Å². The molecule has 9 rings (SSSR count). The fraction of sp³-hybridized carbons (Fsp3) is 0.0488. The summed E-state index contributed by atoms with van der Waals surface area (Å²) < 4.78 is 2.34. The van der Waals surface area contributed by atoms with Gasteiger partial charge >= 0.3 is 0 Å². The van der Waals surface area contributed by atoms with Gasteiger partial charge in [0, 0.05) is 27.8 Å². The molecule has 1 unspecified atom stereocenters. The van der Waals surface area contributed by atoms with Crippen molar-refractivity contribution in [3.63, 3.8) is 0 Å². The Morgan fingerprint density at radius 1 is 0.638 bits per heavy atom. The fourth-order valence-corrected chi connectivity index (χ4v) is 6.83. The van der Waals surface area contributed by atoms with E-state index < -0.39 is 0 Å². The average Bonchev–Trinajstić information content (AvgIpc) is 3.79. The first-order chi connectivity index (χ1) is 23.3. The maximum absolute atomic E-state index is 5.16. The molecule has 0 fully saturated rings. The Labute approximate surface area is 273 Å². The van der Waals surface area contributed by atoms with Crippen LogP contribution in [0.5, 0.6) is 0 Å². The molecule has 2 aliphatic rings. The van der Waals surface area contributed by atoms with Crippen molar-refractivity contribution in [2.24, 2.45) is 4.99 Å². The minimum absolute atomic E-state index is 0.0561. The maximum Gasteiger partial charge on any atom is 0.0947 e. The van der Waals surface area contributed by atoms with Gasteiger partial charge in [0.2, 0.25) is 0 Å². The molecule has 0 amide bonds. The van der Waals surface area contributed by atoms with E-state index in [1.165, 1.54) is 27.4 Å². The molecule has 0 aliphatic carbocycles. The molecule has 3 heterocycles. The molecule has 1 atom stereocenters. The third-order valence-electron chi connectivity index (χ3n) is 9.02. The summed E-state index contributed by atoms with van der Waals surface area (Å²) >= 11 is 0. The number of para-hydroxylation sites is 4. The minimum atomic E-state index is -0.0561. The largest absolute Gasteiger partial charge is 0.671 e. The molecule has 0 saturated heterocycles. The minimum Gasteiger partial charge on any atom is -0.671 e. The summed E-state index contributed by atoms with van der Waals surface area (Å²) in [4.78, 5) is 7.38. The first-order valence-corrected chi connectivity index (χ1v) is 15.9. The highest BCUT2D eigenvalue weighted by Gasteiger charge is 2.25. The number of hydrogen-bond donors (Lipinski definition) is 2. The molecule has 47 heavy (non-hydrogen) atoms. The van der Waals surface area contributed by atoms with Crippen LogP contribution in [0.1, 0.15) is 17.2 Å². The van der Waals surface area contributed by atoms with Crippen LogP contribution in [0.25, 0.3) is 32.8 Å². The number of benzene rings is 6. The lowest BCUT2D eigenvalue weighted by molar-refractivity contribution is 0.898. The summed E-state index contributed by atoms with van der Waals surface area (Å²) in [6.07, 6.45) is 1.91. The van der Waals surface area contributed by atoms with Gasteiger partial charge in [0.1, 0.15) is 0 Å². The monoisotopic (exact) mass is 607 g/mol. The van der Waals surface area contributed by atoms with Gasteiger partial charge in [0.05, 0.1) is 40.0 Å². The Hall–Kier alpha value is -6.27. The molecule has 0 saturated carbocycles. The zero-order valence-electron chi connectivity index (χ0n) is 25.6. The third-order valence-corrected chi connectivity index (χ3v) is 9.02. The number of nitrogens with one attached hydrogen (secondary N) is 2. The van der Waals surface area contributed by atoms with Gasteiger partial charge in [-0.15, -0.1) is 6.20 Å². The molecule has 0 bridgehead atoms. The van der Waals surface area contributed by atoms with Crippen LogP contribution in [0.4, 0.5) is 22.7 Å². The predicted octanol–water partition coefficient (Wildman–Crippen LogP) is 9.94. The lowest BCUT2D eigenvalue weighted by Crippen LogP contribution is -2.26. The Kier molecular flexibility index (Phi) is 6.49. The Balaban J connectivity index is 1.09. The summed E-state index contributed by atoms with van der Waals surface area (Å²) in [5.41, 5.74) is 10.8. The summed E-state index contributed by atoms with van der Waals surface area (Å²) in [5, 5.41) is 14.2. The number of aromatic nitrogens is 1. The molecular weight excluding hydrogens is 576 g/mol. The second-order valence-electron chi connectivity index (χ2n) is 11.8. The van der Waals surface area contributed by atoms with Crippen molar-refractivity contribution in [3.8, 4) is 5.69 Å². The van der Waals surface area contributed by atoms with Crippen LogP contribution in [0, 0.1) is 0 Å². The van der Waals surface area contributed by atoms with Gasteiger partial charge in [0.25, 0.3) is 0 Å². The van der Waals surface area contributed by atoms with Gasteiger partial charge in [-0.2, -0.15) is 0 Å². The smallest absolute Gasteiger partial charge is 0.0947 e. The molecular formula is C41H31N6-. The van der Waals surface area contributed by atoms with Crippen LogP contribution in [-0.4, -0.2) is 16.9 Å². The molecule has 6 aromatic carbocycles. The van der Waals surface area contributed by atoms with E-state index in [0.29, 0.717) is 6.67 Å². The van der Waals surface area contributed by atoms with E-state index in [1.807, 2.05) is 24.4 Å². The fourth-order valence-electron chi connectivity index (χ4n) is 6.83. The van der Waals surface area contributed by atoms with Crippen LogP contribution in [0.2, 0.25) is 0 Å². The van der Waals surface area contributed by atoms with E-state index in [-0.39, 0.29) is 6.04 Å². The lowest BCUT2D eigenvalue weighted by atomic mass is 9.94. The number of hydrogen-bond acceptors (Lipinski definition) is 4. The predicted molar refractivity (Wildman–Crippen MR) is 194 cm³/mol. The summed E-state index contributed by atoms with van der Waals surface area (Å²) in [6, 6.07) is 53.4. The van der Waals surface area contributed by atoms with Crippen molar-refractivity contribution < 1.29 is 0 Å². The van der Waals surface area contributed by atoms with Gasteiger partial charge in [-0.05, 0) is 71.8 Å². The van der Waals surface area contributed by atoms with Crippen molar-refractivity contribution in [2.45, 2.75) is 6.04 Å². The van der Waals surface area contributed by atoms with Gasteiger partial charge in [-0.25, -0.2) is 4.99 Å². The molecule has 2 N–H and O–H groups in total. The van der Waals surface area contributed by atoms with Crippen LogP contribution in [0.3, 0.4) is 0 Å². The zero-order valence-corrected chi connectivity index (χ0v) is 25.6. The van der Waals surface area contributed by atoms with Crippen molar-refractivity contribution in [2.75, 3.05) is 16.9 Å². The van der Waals surface area contributed by atoms with Crippen LogP contribution in [0.15, 0.2) is 169 Å². The summed E-state index contributed by atoms with van der Waals surface area (Å²) in [5.74, 6) is 0.940. The van der Waals surface area contributed by atoms with E-state index in [9.17, 15) is 0 Å². The average molecular weight is 608 g/mol. The quantitative estimate of drug-likeness (QED) is 0.198. The molecule has 7 aromatic rings. The summed E-state index contributed by atoms with van der Waals surface area (Å²) in [7, 11) is 0. The van der Waals surface area contributed by atoms with Gasteiger partial charge < -0.3 is 20.5 Å². The van der Waals surface area contributed by atoms with Crippen molar-refractivity contribution in [1.82, 2.24) is 9.88 Å². The van der Waals surface area contributed by atoms with Gasteiger partial charge in [-0.1, -0.05) is 97.7 Å². The Morgan fingerprint density at radius 2 is 1.26 bits per heavy atom. The van der Waals surface area contributed by atoms with E-state index >= 15 is 0 Å². The van der Waals surface area contributed by atoms with Gasteiger partial charge in [-0.3, -0.25) is 4.90 Å². The second kappa shape index (κ2) is 11.3. The number of anilines is 3. The Morgan fingerprint density at radius 3 is 1.94 bits per heavy atom. The maximum atomic E-state index is 5.16. The van der Waals surface area contributed by atoms with Crippen LogP contribution in [-0.2, 0) is 0 Å². The molecule has 2 aliphatic heterocycles. The SMILES string of the molecule is C1=C(N(c2ccc(C3=Nc4ccccc4NC3c3ccccc3)cc2)c2ccc(-n3c4ccccc4c4ccccc43)cc2)NC[N-]1. The van der Waals surface area contributed by atoms with E-state index in [4.69, 9.17) is 4.99 Å². The molecule has 6 heteroatoms. The highest BCUT2D eigenvalue weighted by Crippen LogP contribution is 2.38. The first-order valence-electron chi connectivity index (χ1n) is 15.9. The number of aliphatic imine (C=N–C) groups is 1. The highest BCUT2D eigenvalue weighted by molar-refractivity contribution is 6.10. The first kappa shape index (κ1) is 27.1. The van der Waals surface area contributed by atoms with E-state index in [1.54, 1.807) is 0 Å². The lowest BCUT2D eigenvalue weighted by Gasteiger charge is -2.29. The number of rotatable bonds is 6. The normalized spacial score (nSPS) is 15.3. The number of nitrogens with zero attached hydrogens (tertiary/aromatic N) is 4. The standard InChI is InChI=1S/C41H31N6/c1-2-10-28(11-3-1)40-41(45-36-15-7-6-14-35(36)44-40)29-18-20-30(21-19-29)46(39-26-42-27-43-39)31-22-24-32(25-23-31)47-37-16-8-4-12-33(37)34-13-5-9-17-38(34)47/h1-26,40,43-44H,27H2/q-1. The topological polar surface area (TPSA) is 58.7 Å². The summed E-state index contributed by atoms with van der Waals surface area (Å²) in [6.45, 7) is 0.560. The second-order valence-corrected chi connectivity index (χ2v) is 11.8. The number of fused-ring (bicyclic) bond motifs is 4. The van der Waals surface area contributed by atoms with Crippen molar-refractivity contribution in [1.29, 1.82) is 0 Å². The molecule has 0 radical (unpaired) electrons. The van der Waals surface area contributed by atoms with Gasteiger partial charge in [0.15, 0.2) is 0 Å². The highest BCUT2D eigenvalue weighted by atomic mass is 15.3. The Bertz CT molecular complexity index is 2250.